The molecular formula is C18H24N2O4. The Labute approximate surface area is 142 Å². The Kier molecular flexibility index (Phi) is 4.92. The summed E-state index contributed by atoms with van der Waals surface area (Å²) in [7, 11) is 0. The van der Waals surface area contributed by atoms with Crippen LogP contribution in [0.4, 0.5) is 0 Å². The fourth-order valence-corrected chi connectivity index (χ4v) is 3.06. The van der Waals surface area contributed by atoms with E-state index < -0.39 is 0 Å². The number of fused-ring (bicyclic) bond motifs is 1. The van der Waals surface area contributed by atoms with Crippen molar-refractivity contribution >= 4 is 11.8 Å². The number of ether oxygens (including phenoxy) is 2. The van der Waals surface area contributed by atoms with Crippen molar-refractivity contribution in [3.8, 4) is 11.5 Å². The number of piperidine rings is 1. The average molecular weight is 332 g/mol. The number of benzene rings is 1. The third-order valence-corrected chi connectivity index (χ3v) is 4.40. The van der Waals surface area contributed by atoms with Gasteiger partial charge in [0.05, 0.1) is 0 Å². The molecule has 3 rings (SSSR count). The smallest absolute Gasteiger partial charge is 0.251 e. The van der Waals surface area contributed by atoms with Crippen LogP contribution in [0.5, 0.6) is 11.5 Å². The van der Waals surface area contributed by atoms with Crippen molar-refractivity contribution in [1.82, 2.24) is 10.2 Å². The molecule has 6 nitrogen and oxygen atoms in total. The Bertz CT molecular complexity index is 621. The summed E-state index contributed by atoms with van der Waals surface area (Å²) in [6.45, 7) is 5.71. The first kappa shape index (κ1) is 16.6. The van der Waals surface area contributed by atoms with Crippen LogP contribution in [0.3, 0.4) is 0 Å². The first-order valence-electron chi connectivity index (χ1n) is 8.51. The number of rotatable bonds is 4. The van der Waals surface area contributed by atoms with E-state index in [1.54, 1.807) is 18.2 Å². The molecule has 0 aliphatic carbocycles. The van der Waals surface area contributed by atoms with E-state index in [1.165, 1.54) is 0 Å². The molecule has 1 fully saturated rings. The standard InChI is InChI=1S/C18H24N2O4/c1-12(2)9-17(21)20-7-5-14(6-8-20)19-18(22)13-3-4-15-16(10-13)24-11-23-15/h3-4,10,12,14H,5-9,11H2,1-2H3,(H,19,22). The molecule has 2 aliphatic rings. The highest BCUT2D eigenvalue weighted by atomic mass is 16.7. The van der Waals surface area contributed by atoms with E-state index in [0.717, 1.165) is 12.8 Å². The van der Waals surface area contributed by atoms with Gasteiger partial charge in [-0.05, 0) is 37.0 Å². The highest BCUT2D eigenvalue weighted by Gasteiger charge is 2.25. The number of carbonyl (C=O) groups is 2. The first-order chi connectivity index (χ1) is 11.5. The topological polar surface area (TPSA) is 67.9 Å². The summed E-state index contributed by atoms with van der Waals surface area (Å²) < 4.78 is 10.6. The molecule has 0 saturated carbocycles. The third kappa shape index (κ3) is 3.80. The Morgan fingerprint density at radius 1 is 1.21 bits per heavy atom. The van der Waals surface area contributed by atoms with Crippen molar-refractivity contribution in [2.75, 3.05) is 19.9 Å². The predicted molar refractivity (Wildman–Crippen MR) is 89.1 cm³/mol. The van der Waals surface area contributed by atoms with Crippen molar-refractivity contribution in [2.45, 2.75) is 39.2 Å². The lowest BCUT2D eigenvalue weighted by Crippen LogP contribution is -2.46. The highest BCUT2D eigenvalue weighted by Crippen LogP contribution is 2.32. The lowest BCUT2D eigenvalue weighted by atomic mass is 10.0. The van der Waals surface area contributed by atoms with Gasteiger partial charge in [-0.3, -0.25) is 9.59 Å². The van der Waals surface area contributed by atoms with Gasteiger partial charge in [-0.15, -0.1) is 0 Å². The molecule has 2 amide bonds. The van der Waals surface area contributed by atoms with Crippen LogP contribution in [-0.2, 0) is 4.79 Å². The van der Waals surface area contributed by atoms with Crippen LogP contribution >= 0.6 is 0 Å². The van der Waals surface area contributed by atoms with Gasteiger partial charge < -0.3 is 19.7 Å². The summed E-state index contributed by atoms with van der Waals surface area (Å²) >= 11 is 0. The number of nitrogens with one attached hydrogen (secondary N) is 1. The van der Waals surface area contributed by atoms with E-state index in [4.69, 9.17) is 9.47 Å². The molecule has 1 saturated heterocycles. The fourth-order valence-electron chi connectivity index (χ4n) is 3.06. The maximum absolute atomic E-state index is 12.4. The molecule has 1 aromatic carbocycles. The van der Waals surface area contributed by atoms with Gasteiger partial charge in [-0.2, -0.15) is 0 Å². The van der Waals surface area contributed by atoms with Gasteiger partial charge in [0.1, 0.15) is 0 Å². The Balaban J connectivity index is 1.51. The Morgan fingerprint density at radius 3 is 2.62 bits per heavy atom. The summed E-state index contributed by atoms with van der Waals surface area (Å²) in [6, 6.07) is 5.30. The van der Waals surface area contributed by atoms with Gasteiger partial charge in [0, 0.05) is 31.1 Å². The summed E-state index contributed by atoms with van der Waals surface area (Å²) in [4.78, 5) is 26.4. The predicted octanol–water partition coefficient (Wildman–Crippen LogP) is 2.18. The number of carbonyl (C=O) groups excluding carboxylic acids is 2. The molecule has 0 bridgehead atoms. The number of likely N-dealkylation sites (tertiary alicyclic amines) is 1. The van der Waals surface area contributed by atoms with Crippen molar-refractivity contribution in [3.63, 3.8) is 0 Å². The zero-order valence-electron chi connectivity index (χ0n) is 14.2. The van der Waals surface area contributed by atoms with Crippen LogP contribution < -0.4 is 14.8 Å². The van der Waals surface area contributed by atoms with Gasteiger partial charge in [0.2, 0.25) is 12.7 Å². The normalized spacial score (nSPS) is 17.2. The van der Waals surface area contributed by atoms with Crippen molar-refractivity contribution in [2.24, 2.45) is 5.92 Å². The minimum Gasteiger partial charge on any atom is -0.454 e. The average Bonchev–Trinajstić information content (AvgIpc) is 3.02. The summed E-state index contributed by atoms with van der Waals surface area (Å²) in [6.07, 6.45) is 2.18. The molecule has 0 unspecified atom stereocenters. The largest absolute Gasteiger partial charge is 0.454 e. The van der Waals surface area contributed by atoms with E-state index in [2.05, 4.69) is 19.2 Å². The van der Waals surface area contributed by atoms with Crippen LogP contribution in [0.15, 0.2) is 18.2 Å². The van der Waals surface area contributed by atoms with Gasteiger partial charge in [0.15, 0.2) is 11.5 Å². The van der Waals surface area contributed by atoms with E-state index >= 15 is 0 Å². The minimum atomic E-state index is -0.111. The zero-order chi connectivity index (χ0) is 17.1. The van der Waals surface area contributed by atoms with Gasteiger partial charge in [0.25, 0.3) is 5.91 Å². The molecule has 0 atom stereocenters. The van der Waals surface area contributed by atoms with Crippen LogP contribution in [-0.4, -0.2) is 42.6 Å². The van der Waals surface area contributed by atoms with Gasteiger partial charge in [-0.25, -0.2) is 0 Å². The molecule has 2 aliphatic heterocycles. The molecule has 6 heteroatoms. The molecule has 24 heavy (non-hydrogen) atoms. The van der Waals surface area contributed by atoms with Gasteiger partial charge in [-0.1, -0.05) is 13.8 Å². The van der Waals surface area contributed by atoms with Crippen molar-refractivity contribution in [1.29, 1.82) is 0 Å². The number of amides is 2. The Hall–Kier alpha value is -2.24. The van der Waals surface area contributed by atoms with Crippen LogP contribution in [0.25, 0.3) is 0 Å². The van der Waals surface area contributed by atoms with Gasteiger partial charge >= 0.3 is 0 Å². The number of nitrogens with zero attached hydrogens (tertiary/aromatic N) is 1. The molecule has 0 radical (unpaired) electrons. The SMILES string of the molecule is CC(C)CC(=O)N1CCC(NC(=O)c2ccc3c(c2)OCO3)CC1. The van der Waals surface area contributed by atoms with Crippen LogP contribution in [0.1, 0.15) is 43.5 Å². The lowest BCUT2D eigenvalue weighted by molar-refractivity contribution is -0.133. The lowest BCUT2D eigenvalue weighted by Gasteiger charge is -2.32. The zero-order valence-corrected chi connectivity index (χ0v) is 14.2. The van der Waals surface area contributed by atoms with Crippen molar-refractivity contribution in [3.05, 3.63) is 23.8 Å². The molecular weight excluding hydrogens is 308 g/mol. The third-order valence-electron chi connectivity index (χ3n) is 4.40. The van der Waals surface area contributed by atoms with E-state index in [1.807, 2.05) is 4.90 Å². The maximum Gasteiger partial charge on any atom is 0.251 e. The molecule has 2 heterocycles. The maximum atomic E-state index is 12.4. The second-order valence-electron chi connectivity index (χ2n) is 6.79. The minimum absolute atomic E-state index is 0.103. The van der Waals surface area contributed by atoms with Crippen LogP contribution in [0.2, 0.25) is 0 Å². The Morgan fingerprint density at radius 2 is 1.92 bits per heavy atom. The second-order valence-corrected chi connectivity index (χ2v) is 6.79. The summed E-state index contributed by atoms with van der Waals surface area (Å²) in [5.74, 6) is 1.76. The number of hydrogen-bond donors (Lipinski definition) is 1. The quantitative estimate of drug-likeness (QED) is 0.918. The van der Waals surface area contributed by atoms with E-state index in [-0.39, 0.29) is 24.6 Å². The molecule has 1 N–H and O–H groups in total. The number of hydrogen-bond acceptors (Lipinski definition) is 4. The molecule has 130 valence electrons. The monoisotopic (exact) mass is 332 g/mol. The van der Waals surface area contributed by atoms with E-state index in [9.17, 15) is 9.59 Å². The second kappa shape index (κ2) is 7.11. The summed E-state index contributed by atoms with van der Waals surface area (Å²) in [5, 5.41) is 3.05. The molecule has 0 spiro atoms. The fraction of sp³-hybridized carbons (Fsp3) is 0.556. The summed E-state index contributed by atoms with van der Waals surface area (Å²) in [5.41, 5.74) is 0.567. The molecule has 0 aromatic heterocycles. The van der Waals surface area contributed by atoms with Crippen molar-refractivity contribution < 1.29 is 19.1 Å². The van der Waals surface area contributed by atoms with Crippen LogP contribution in [0, 0.1) is 5.92 Å². The first-order valence-corrected chi connectivity index (χ1v) is 8.51. The highest BCUT2D eigenvalue weighted by molar-refractivity contribution is 5.95. The van der Waals surface area contributed by atoms with E-state index in [0.29, 0.717) is 42.5 Å². The molecule has 1 aromatic rings.